The van der Waals surface area contributed by atoms with Crippen LogP contribution in [0.2, 0.25) is 0 Å². The van der Waals surface area contributed by atoms with E-state index in [2.05, 4.69) is 9.97 Å². The number of nitrogens with one attached hydrogen (secondary N) is 2. The van der Waals surface area contributed by atoms with Crippen LogP contribution in [0.15, 0.2) is 70.9 Å². The van der Waals surface area contributed by atoms with Crippen LogP contribution in [0.1, 0.15) is 184 Å². The predicted molar refractivity (Wildman–Crippen MR) is 339 cm³/mol. The van der Waals surface area contributed by atoms with E-state index in [0.29, 0.717) is 0 Å². The van der Waals surface area contributed by atoms with E-state index >= 15 is 0 Å². The SMILES string of the molecule is CC(=O)[O-].CC1=CC(C)(S(=O)(=O)[O-])CC(C)(S(=O)(=O)[O-])C1c1c2nc(c(C3C(C)=CC(C)(S(=O)(=O)[O-])CC3(C)S(=O)(=O)[O-])c3ccc([nH]3)c(C3C(C)=CC(C)(S(=O)(=O)[O-])CC3(C)S(=O)(=O)[O-])c3nc(c(C4C(C)=CC(C)(S(=O)(=O)[O-])CC4(C)S(=O)(=O)[O-])c4ccc1[nH]4)C=C3)C=C2.[Ni+2]. The smallest absolute Gasteiger partial charge is 0.747 e. The molecule has 3 aromatic heterocycles. The van der Waals surface area contributed by atoms with Crippen molar-refractivity contribution in [2.75, 3.05) is 0 Å². The fraction of sp³-hybridized carbons (Fsp3) is 0.500. The average molecular weight is 1550 g/mol. The summed E-state index contributed by atoms with van der Waals surface area (Å²) in [4.78, 5) is 24.9. The van der Waals surface area contributed by atoms with E-state index in [1.165, 1.54) is 76.3 Å². The van der Waals surface area contributed by atoms with Crippen LogP contribution < -0.4 is 5.11 Å². The second kappa shape index (κ2) is 24.2. The summed E-state index contributed by atoms with van der Waals surface area (Å²) >= 11 is 0. The topological polar surface area (TPSA) is 555 Å². The van der Waals surface area contributed by atoms with Gasteiger partial charge in [-0.15, -0.1) is 0 Å². The Labute approximate surface area is 572 Å². The summed E-state index contributed by atoms with van der Waals surface area (Å²) in [6, 6.07) is 4.89. The van der Waals surface area contributed by atoms with Gasteiger partial charge in [-0.05, 0) is 164 Å². The van der Waals surface area contributed by atoms with Crippen molar-refractivity contribution in [2.24, 2.45) is 0 Å². The third kappa shape index (κ3) is 13.0. The molecule has 8 bridgehead atoms. The first-order valence-electron chi connectivity index (χ1n) is 28.7. The van der Waals surface area contributed by atoms with E-state index in [1.54, 1.807) is 0 Å². The average Bonchev–Trinajstić information content (AvgIpc) is 1.67. The molecule has 30 nitrogen and oxygen atoms in total. The standard InChI is InChI=1S/C56H70N4O24S8.C2H4O2.Ni/c1-29-21-49(5,85(61,62)63)25-53(9,89(73,74)75)45(29)41-33-13-15-35(57-33)42(46-30(2)22-50(6,86(64,65)66)26-54(46,10)90(76,77)78)37-17-19-39(59-37)44(48-32(4)24-52(8,88(70,71)72)28-56(48,12)92(82,83)84)40-20-18-38(60-40)43(36-16-14-34(41)58-36)47-31(3)23-51(7,87(67,68)69)27-55(47,11)91(79,80)81;1-2(3)4;/h13-24,45-48,57,60H,25-28H2,1-12H3,(H,61,62,63)(H,64,65,66)(H,67,68,69)(H,70,71,72)(H,73,74,75)(H,76,77,78)(H,79,80,81)(H,82,83,84);1H3,(H,3,4);/q;;+2/p-9. The minimum atomic E-state index is -5.86. The number of carbonyl (C=O) groups is 1. The number of allylic oxidation sites excluding steroid dienone is 4. The van der Waals surface area contributed by atoms with Crippen LogP contribution in [0.5, 0.6) is 0 Å². The van der Waals surface area contributed by atoms with Gasteiger partial charge in [0.25, 0.3) is 0 Å². The number of carboxylic acid groups (broad SMARTS) is 1. The maximum atomic E-state index is 14.1. The molecule has 6 aliphatic rings. The van der Waals surface area contributed by atoms with Gasteiger partial charge in [-0.25, -0.2) is 77.3 Å². The van der Waals surface area contributed by atoms with Crippen molar-refractivity contribution in [2.45, 2.75) is 177 Å². The molecule has 5 heterocycles. The zero-order valence-corrected chi connectivity index (χ0v) is 61.2. The Morgan fingerprint density at radius 3 is 0.649 bits per heavy atom. The summed E-state index contributed by atoms with van der Waals surface area (Å²) in [5.41, 5.74) is -4.92. The van der Waals surface area contributed by atoms with Crippen LogP contribution in [-0.4, -0.2) is 168 Å². The van der Waals surface area contributed by atoms with Gasteiger partial charge < -0.3 is 56.3 Å². The van der Waals surface area contributed by atoms with Gasteiger partial charge >= 0.3 is 16.5 Å². The molecule has 0 radical (unpaired) electrons. The Bertz CT molecular complexity index is 4660. The van der Waals surface area contributed by atoms with Crippen LogP contribution in [0.4, 0.5) is 0 Å². The molecular weight excluding hydrogens is 1480 g/mol. The molecule has 12 unspecified atom stereocenters. The Morgan fingerprint density at radius 2 is 0.515 bits per heavy atom. The number of hydrogen-bond acceptors (Lipinski definition) is 28. The Morgan fingerprint density at radius 1 is 0.361 bits per heavy atom. The third-order valence-corrected chi connectivity index (χ3v) is 31.6. The Hall–Kier alpha value is -5.20. The minimum absolute atomic E-state index is 0. The molecule has 4 aliphatic carbocycles. The number of H-pyrrole nitrogens is 2. The van der Waals surface area contributed by atoms with Crippen molar-refractivity contribution in [1.29, 1.82) is 0 Å². The molecule has 12 atom stereocenters. The molecule has 0 amide bonds. The van der Waals surface area contributed by atoms with Crippen molar-refractivity contribution in [3.05, 3.63) is 116 Å². The summed E-state index contributed by atoms with van der Waals surface area (Å²) in [5, 5.41) is 8.89. The first kappa shape index (κ1) is 79.1. The van der Waals surface area contributed by atoms with E-state index in [9.17, 15) is 104 Å². The molecule has 0 spiro atoms. The molecule has 2 N–H and O–H groups in total. The van der Waals surface area contributed by atoms with E-state index in [4.69, 9.17) is 19.9 Å². The number of carbonyl (C=O) groups excluding carboxylic acids is 1. The number of aromatic amines is 2. The molecule has 9 rings (SSSR count). The number of aliphatic carboxylic acids is 1. The van der Waals surface area contributed by atoms with Gasteiger partial charge in [0.05, 0.1) is 60.8 Å². The number of nitrogens with zero attached hydrogens (tertiary/aromatic N) is 2. The molecule has 0 saturated heterocycles. The van der Waals surface area contributed by atoms with Crippen molar-refractivity contribution < 1.29 is 130 Å². The third-order valence-electron chi connectivity index (χ3n) is 19.8. The second-order valence-corrected chi connectivity index (χ2v) is 42.0. The van der Waals surface area contributed by atoms with Crippen LogP contribution >= 0.6 is 0 Å². The fourth-order valence-electron chi connectivity index (χ4n) is 15.8. The van der Waals surface area contributed by atoms with Gasteiger partial charge in [0.2, 0.25) is 0 Å². The van der Waals surface area contributed by atoms with Gasteiger partial charge in [0, 0.05) is 74.0 Å². The zero-order chi connectivity index (χ0) is 73.3. The predicted octanol–water partition coefficient (Wildman–Crippen LogP) is 3.57. The first-order chi connectivity index (χ1) is 42.9. The number of hydrogen-bond donors (Lipinski definition) is 2. The van der Waals surface area contributed by atoms with Crippen LogP contribution in [-0.2, 0) is 102 Å². The first-order valence-corrected chi connectivity index (χ1v) is 39.9. The molecule has 0 fully saturated rings. The second-order valence-electron chi connectivity index (χ2n) is 27.3. The van der Waals surface area contributed by atoms with E-state index in [0.717, 1.165) is 86.6 Å². The van der Waals surface area contributed by atoms with E-state index < -0.39 is 174 Å². The summed E-state index contributed by atoms with van der Waals surface area (Å²) in [6.07, 6.45) is 3.67. The molecule has 2 aliphatic heterocycles. The normalized spacial score (nSPS) is 32.1. The van der Waals surface area contributed by atoms with E-state index in [1.807, 2.05) is 0 Å². The van der Waals surface area contributed by atoms with Crippen LogP contribution in [0, 0.1) is 0 Å². The van der Waals surface area contributed by atoms with Crippen LogP contribution in [0.3, 0.4) is 0 Å². The monoisotopic (exact) mass is 1550 g/mol. The molecular formula is C58H65N4NiO26S8-7. The maximum Gasteiger partial charge on any atom is 2.00 e. The maximum absolute atomic E-state index is 14.1. The molecule has 3 aromatic rings. The quantitative estimate of drug-likeness (QED) is 0.102. The Kier molecular flexibility index (Phi) is 19.8. The van der Waals surface area contributed by atoms with Crippen molar-refractivity contribution in [3.8, 4) is 0 Å². The van der Waals surface area contributed by atoms with E-state index in [-0.39, 0.29) is 106 Å². The minimum Gasteiger partial charge on any atom is -0.747 e. The van der Waals surface area contributed by atoms with Gasteiger partial charge in [-0.2, -0.15) is 0 Å². The number of fused-ring (bicyclic) bond motifs is 8. The fourth-order valence-corrected chi connectivity index (χ4v) is 23.7. The molecule has 97 heavy (non-hydrogen) atoms. The van der Waals surface area contributed by atoms with Crippen molar-refractivity contribution in [3.63, 3.8) is 0 Å². The number of aromatic nitrogens is 4. The molecule has 39 heteroatoms. The summed E-state index contributed by atoms with van der Waals surface area (Å²) in [5.74, 6) is -8.61. The summed E-state index contributed by atoms with van der Waals surface area (Å²) < 4.78 is 304. The van der Waals surface area contributed by atoms with Gasteiger partial charge in [-0.1, -0.05) is 46.6 Å². The van der Waals surface area contributed by atoms with Crippen LogP contribution in [0.25, 0.3) is 46.4 Å². The number of carboxylic acids is 1. The van der Waals surface area contributed by atoms with Crippen molar-refractivity contribution >= 4 is 133 Å². The molecule has 0 aromatic carbocycles. The summed E-state index contributed by atoms with van der Waals surface area (Å²) in [7, 11) is -45.5. The van der Waals surface area contributed by atoms with Gasteiger partial charge in [0.1, 0.15) is 80.9 Å². The summed E-state index contributed by atoms with van der Waals surface area (Å²) in [6.45, 7) is 12.8. The van der Waals surface area contributed by atoms with Gasteiger partial charge in [-0.3, -0.25) is 0 Å². The number of rotatable bonds is 12. The zero-order valence-electron chi connectivity index (χ0n) is 53.7. The van der Waals surface area contributed by atoms with Gasteiger partial charge in [0.15, 0.2) is 0 Å². The largest absolute Gasteiger partial charge is 2.00 e. The Balaban J connectivity index is 0.00000258. The molecule has 0 saturated carbocycles. The molecule has 538 valence electrons. The van der Waals surface area contributed by atoms with Crippen molar-refractivity contribution in [1.82, 2.24) is 19.9 Å².